The van der Waals surface area contributed by atoms with Crippen molar-refractivity contribution in [2.24, 2.45) is 11.3 Å². The predicted octanol–water partition coefficient (Wildman–Crippen LogP) is 3.03. The number of carbonyl (C=O) groups is 4. The van der Waals surface area contributed by atoms with E-state index in [-0.39, 0.29) is 23.7 Å². The summed E-state index contributed by atoms with van der Waals surface area (Å²) in [6, 6.07) is 0.909. The lowest BCUT2D eigenvalue weighted by Gasteiger charge is -2.42. The third kappa shape index (κ3) is 4.45. The van der Waals surface area contributed by atoms with Crippen LogP contribution in [0.2, 0.25) is 0 Å². The molecule has 9 nitrogen and oxygen atoms in total. The highest BCUT2D eigenvalue weighted by molar-refractivity contribution is 6.08. The number of methoxy groups -OCH3 is 1. The quantitative estimate of drug-likeness (QED) is 0.518. The Morgan fingerprint density at radius 3 is 2.58 bits per heavy atom. The summed E-state index contributed by atoms with van der Waals surface area (Å²) in [5, 5.41) is 2.82. The van der Waals surface area contributed by atoms with Gasteiger partial charge in [-0.3, -0.25) is 14.5 Å². The van der Waals surface area contributed by atoms with Crippen LogP contribution in [0, 0.1) is 11.3 Å². The zero-order chi connectivity index (χ0) is 22.8. The van der Waals surface area contributed by atoms with Gasteiger partial charge in [0.25, 0.3) is 5.91 Å². The number of hydrogen-bond donors (Lipinski definition) is 1. The molecule has 2 aliphatic rings. The molecule has 1 aliphatic carbocycles. The standard InChI is InChI=1S/C22H30N2O7/c1-5-21(2,3)15-6-9-22(10-7-15)19(27)24(20(28)23-22)12-16(25)31-13-14-8-11-30-17(14)18(26)29-4/h8,11,15H,5-7,9-10,12-13H2,1-4H3,(H,23,28). The number of amides is 3. The first-order chi connectivity index (χ1) is 14.6. The van der Waals surface area contributed by atoms with Gasteiger partial charge in [-0.1, -0.05) is 27.2 Å². The Hall–Kier alpha value is -2.84. The maximum absolute atomic E-state index is 13.0. The molecule has 3 rings (SSSR count). The van der Waals surface area contributed by atoms with Crippen LogP contribution in [-0.2, 0) is 25.7 Å². The van der Waals surface area contributed by atoms with E-state index < -0.39 is 30.1 Å². The molecule has 1 N–H and O–H groups in total. The van der Waals surface area contributed by atoms with Gasteiger partial charge in [0, 0.05) is 5.56 Å². The molecular weight excluding hydrogens is 404 g/mol. The van der Waals surface area contributed by atoms with E-state index in [0.717, 1.165) is 24.2 Å². The SMILES string of the molecule is CCC(C)(C)C1CCC2(CC1)NC(=O)N(CC(=O)OCc1ccoc1C(=O)OC)C2=O. The highest BCUT2D eigenvalue weighted by Crippen LogP contribution is 2.45. The summed E-state index contributed by atoms with van der Waals surface area (Å²) in [6.07, 6.45) is 5.16. The van der Waals surface area contributed by atoms with E-state index in [0.29, 0.717) is 24.3 Å². The van der Waals surface area contributed by atoms with Crippen molar-refractivity contribution in [2.45, 2.75) is 65.0 Å². The fraction of sp³-hybridized carbons (Fsp3) is 0.636. The minimum absolute atomic E-state index is 0.0593. The zero-order valence-corrected chi connectivity index (χ0v) is 18.5. The molecule has 0 radical (unpaired) electrons. The highest BCUT2D eigenvalue weighted by atomic mass is 16.5. The first-order valence-corrected chi connectivity index (χ1v) is 10.6. The molecule has 1 spiro atoms. The molecule has 170 valence electrons. The van der Waals surface area contributed by atoms with Gasteiger partial charge in [-0.2, -0.15) is 0 Å². The van der Waals surface area contributed by atoms with Crippen molar-refractivity contribution in [3.05, 3.63) is 23.7 Å². The van der Waals surface area contributed by atoms with Crippen molar-refractivity contribution < 1.29 is 33.1 Å². The van der Waals surface area contributed by atoms with E-state index in [1.807, 2.05) is 0 Å². The van der Waals surface area contributed by atoms with E-state index in [9.17, 15) is 19.2 Å². The van der Waals surface area contributed by atoms with E-state index >= 15 is 0 Å². The first-order valence-electron chi connectivity index (χ1n) is 10.6. The van der Waals surface area contributed by atoms with Gasteiger partial charge in [0.05, 0.1) is 13.4 Å². The van der Waals surface area contributed by atoms with Crippen molar-refractivity contribution >= 4 is 23.9 Å². The molecule has 3 amide bonds. The van der Waals surface area contributed by atoms with Crippen LogP contribution in [0.25, 0.3) is 0 Å². The molecule has 1 saturated carbocycles. The monoisotopic (exact) mass is 434 g/mol. The average Bonchev–Trinajstić information content (AvgIpc) is 3.31. The number of nitrogens with one attached hydrogen (secondary N) is 1. The van der Waals surface area contributed by atoms with E-state index in [1.54, 1.807) is 0 Å². The minimum Gasteiger partial charge on any atom is -0.463 e. The average molecular weight is 434 g/mol. The molecule has 2 fully saturated rings. The van der Waals surface area contributed by atoms with Gasteiger partial charge in [0.15, 0.2) is 0 Å². The van der Waals surface area contributed by atoms with Crippen molar-refractivity contribution in [3.63, 3.8) is 0 Å². The van der Waals surface area contributed by atoms with Crippen LogP contribution in [0.1, 0.15) is 69.0 Å². The third-order valence-electron chi connectivity index (χ3n) is 6.89. The Bertz CT molecular complexity index is 865. The van der Waals surface area contributed by atoms with Crippen LogP contribution < -0.4 is 5.32 Å². The van der Waals surface area contributed by atoms with Gasteiger partial charge in [-0.25, -0.2) is 9.59 Å². The lowest BCUT2D eigenvalue weighted by molar-refractivity contribution is -0.149. The molecule has 1 aromatic heterocycles. The Morgan fingerprint density at radius 2 is 1.97 bits per heavy atom. The number of hydrogen-bond acceptors (Lipinski definition) is 7. The summed E-state index contributed by atoms with van der Waals surface area (Å²) < 4.78 is 14.8. The summed E-state index contributed by atoms with van der Waals surface area (Å²) in [5.41, 5.74) is -0.404. The van der Waals surface area contributed by atoms with Gasteiger partial charge in [-0.15, -0.1) is 0 Å². The molecule has 0 aromatic carbocycles. The summed E-state index contributed by atoms with van der Waals surface area (Å²) in [7, 11) is 1.21. The number of ether oxygens (including phenoxy) is 2. The lowest BCUT2D eigenvalue weighted by atomic mass is 9.65. The summed E-state index contributed by atoms with van der Waals surface area (Å²) in [4.78, 5) is 50.3. The number of furan rings is 1. The fourth-order valence-electron chi connectivity index (χ4n) is 4.39. The van der Waals surface area contributed by atoms with Crippen LogP contribution in [-0.4, -0.2) is 48.0 Å². The molecule has 0 unspecified atom stereocenters. The van der Waals surface area contributed by atoms with Crippen LogP contribution >= 0.6 is 0 Å². The molecule has 1 aromatic rings. The van der Waals surface area contributed by atoms with Crippen molar-refractivity contribution in [1.29, 1.82) is 0 Å². The summed E-state index contributed by atoms with van der Waals surface area (Å²) >= 11 is 0. The first kappa shape index (κ1) is 22.8. The number of imide groups is 1. The van der Waals surface area contributed by atoms with Crippen LogP contribution in [0.4, 0.5) is 4.79 Å². The minimum atomic E-state index is -0.930. The smallest absolute Gasteiger partial charge is 0.374 e. The van der Waals surface area contributed by atoms with Gasteiger partial charge >= 0.3 is 18.0 Å². The van der Waals surface area contributed by atoms with E-state index in [4.69, 9.17) is 9.15 Å². The Kier molecular flexibility index (Phi) is 6.43. The van der Waals surface area contributed by atoms with Crippen molar-refractivity contribution in [3.8, 4) is 0 Å². The molecule has 31 heavy (non-hydrogen) atoms. The molecule has 0 bridgehead atoms. The Morgan fingerprint density at radius 1 is 1.29 bits per heavy atom. The van der Waals surface area contributed by atoms with Crippen molar-refractivity contribution in [1.82, 2.24) is 10.2 Å². The van der Waals surface area contributed by atoms with Crippen LogP contribution in [0.15, 0.2) is 16.7 Å². The van der Waals surface area contributed by atoms with Crippen molar-refractivity contribution in [2.75, 3.05) is 13.7 Å². The molecular formula is C22H30N2O7. The molecule has 1 saturated heterocycles. The lowest BCUT2D eigenvalue weighted by Crippen LogP contribution is -2.51. The fourth-order valence-corrected chi connectivity index (χ4v) is 4.39. The summed E-state index contributed by atoms with van der Waals surface area (Å²) in [6.45, 7) is 5.92. The van der Waals surface area contributed by atoms with Gasteiger partial charge < -0.3 is 19.2 Å². The maximum Gasteiger partial charge on any atom is 0.374 e. The zero-order valence-electron chi connectivity index (χ0n) is 18.5. The highest BCUT2D eigenvalue weighted by Gasteiger charge is 2.53. The van der Waals surface area contributed by atoms with E-state index in [2.05, 4.69) is 30.8 Å². The Labute approximate surface area is 181 Å². The van der Waals surface area contributed by atoms with Crippen LogP contribution in [0.3, 0.4) is 0 Å². The number of carbonyl (C=O) groups excluding carboxylic acids is 4. The number of nitrogens with zero attached hydrogens (tertiary/aromatic N) is 1. The van der Waals surface area contributed by atoms with Crippen LogP contribution in [0.5, 0.6) is 0 Å². The topological polar surface area (TPSA) is 115 Å². The summed E-state index contributed by atoms with van der Waals surface area (Å²) in [5.74, 6) is -1.38. The van der Waals surface area contributed by atoms with Gasteiger partial charge in [0.1, 0.15) is 18.7 Å². The molecule has 0 atom stereocenters. The Balaban J connectivity index is 1.58. The second kappa shape index (κ2) is 8.72. The normalized spacial score (nSPS) is 23.7. The van der Waals surface area contributed by atoms with Gasteiger partial charge in [0.2, 0.25) is 5.76 Å². The van der Waals surface area contributed by atoms with E-state index in [1.165, 1.54) is 19.4 Å². The number of urea groups is 1. The largest absolute Gasteiger partial charge is 0.463 e. The predicted molar refractivity (Wildman–Crippen MR) is 109 cm³/mol. The van der Waals surface area contributed by atoms with Gasteiger partial charge in [-0.05, 0) is 43.1 Å². The molecule has 2 heterocycles. The molecule has 9 heteroatoms. The maximum atomic E-state index is 13.0. The second-order valence-corrected chi connectivity index (χ2v) is 8.95. The second-order valence-electron chi connectivity index (χ2n) is 8.95. The number of esters is 2. The molecule has 1 aliphatic heterocycles. The third-order valence-corrected chi connectivity index (χ3v) is 6.89. The number of rotatable bonds is 7.